The Morgan fingerprint density at radius 1 is 0.684 bits per heavy atom. The van der Waals surface area contributed by atoms with Crippen molar-refractivity contribution in [2.75, 3.05) is 7.11 Å². The lowest BCUT2D eigenvalue weighted by Crippen LogP contribution is -2.01. The molecule has 0 aromatic heterocycles. The second-order valence-electron chi connectivity index (χ2n) is 4.13. The number of hydrogen-bond donors (Lipinski definition) is 1. The topological polar surface area (TPSA) is 54.4 Å². The molecule has 0 aliphatic rings. The fourth-order valence-corrected chi connectivity index (χ4v) is 2.83. The predicted molar refractivity (Wildman–Crippen MR) is 76.0 cm³/mol. The molecule has 0 unspecified atom stereocenters. The molecular weight excluding hydrogens is 260 g/mol. The van der Waals surface area contributed by atoms with E-state index in [1.807, 2.05) is 13.8 Å². The maximum absolute atomic E-state index is 12.3. The van der Waals surface area contributed by atoms with Gasteiger partial charge in [-0.05, 0) is 38.1 Å². The molecule has 0 radical (unpaired) electrons. The zero-order chi connectivity index (χ0) is 14.5. The number of hydrogen-bond acceptors (Lipinski definition) is 3. The molecule has 0 amide bonds. The van der Waals surface area contributed by atoms with Gasteiger partial charge in [0.05, 0.1) is 9.79 Å². The summed E-state index contributed by atoms with van der Waals surface area (Å²) in [5, 5.41) is 7.00. The lowest BCUT2D eigenvalue weighted by Gasteiger charge is -2.05. The maximum Gasteiger partial charge on any atom is 0.206 e. The Morgan fingerprint density at radius 3 is 1.21 bits per heavy atom. The molecule has 0 saturated heterocycles. The maximum atomic E-state index is 12.3. The molecule has 0 bridgehead atoms. The van der Waals surface area contributed by atoms with Gasteiger partial charge in [0.1, 0.15) is 0 Å². The fourth-order valence-electron chi connectivity index (χ4n) is 1.57. The normalized spacial score (nSPS) is 10.5. The van der Waals surface area contributed by atoms with Gasteiger partial charge in [0.2, 0.25) is 9.84 Å². The largest absolute Gasteiger partial charge is 0.400 e. The summed E-state index contributed by atoms with van der Waals surface area (Å²) in [6, 6.07) is 13.8. The van der Waals surface area contributed by atoms with Crippen LogP contribution in [-0.4, -0.2) is 20.6 Å². The van der Waals surface area contributed by atoms with Crippen molar-refractivity contribution in [2.45, 2.75) is 23.6 Å². The third-order valence-corrected chi connectivity index (χ3v) is 4.45. The molecule has 102 valence electrons. The highest BCUT2D eigenvalue weighted by atomic mass is 32.2. The minimum absolute atomic E-state index is 0.340. The van der Waals surface area contributed by atoms with E-state index in [1.165, 1.54) is 0 Å². The van der Waals surface area contributed by atoms with Gasteiger partial charge in [-0.3, -0.25) is 0 Å². The molecule has 0 saturated carbocycles. The van der Waals surface area contributed by atoms with E-state index in [4.69, 9.17) is 5.11 Å². The van der Waals surface area contributed by atoms with E-state index in [-0.39, 0.29) is 0 Å². The summed E-state index contributed by atoms with van der Waals surface area (Å²) in [5.41, 5.74) is 2.10. The summed E-state index contributed by atoms with van der Waals surface area (Å²) in [5.74, 6) is 0. The number of benzene rings is 2. The molecule has 2 aromatic rings. The standard InChI is InChI=1S/C14H14O2S.CH4O/c1-11-3-7-13(8-4-11)17(15,16)14-9-5-12(2)6-10-14;1-2/h3-10H,1-2H3;2H,1H3. The van der Waals surface area contributed by atoms with Gasteiger partial charge in [0, 0.05) is 7.11 Å². The van der Waals surface area contributed by atoms with E-state index in [9.17, 15) is 8.42 Å². The van der Waals surface area contributed by atoms with Crippen molar-refractivity contribution in [1.29, 1.82) is 0 Å². The lowest BCUT2D eigenvalue weighted by molar-refractivity contribution is 0.399. The summed E-state index contributed by atoms with van der Waals surface area (Å²) in [4.78, 5) is 0.680. The van der Waals surface area contributed by atoms with E-state index < -0.39 is 9.84 Å². The molecule has 0 spiro atoms. The minimum atomic E-state index is -3.37. The van der Waals surface area contributed by atoms with E-state index in [0.29, 0.717) is 9.79 Å². The Hall–Kier alpha value is -1.65. The molecule has 0 aliphatic heterocycles. The number of aliphatic hydroxyl groups is 1. The van der Waals surface area contributed by atoms with Crippen molar-refractivity contribution in [3.63, 3.8) is 0 Å². The van der Waals surface area contributed by atoms with Gasteiger partial charge >= 0.3 is 0 Å². The third kappa shape index (κ3) is 3.66. The van der Waals surface area contributed by atoms with Gasteiger partial charge in [-0.2, -0.15) is 0 Å². The average molecular weight is 278 g/mol. The first-order valence-corrected chi connectivity index (χ1v) is 7.31. The van der Waals surface area contributed by atoms with Crippen molar-refractivity contribution in [3.05, 3.63) is 59.7 Å². The Kier molecular flexibility index (Phi) is 5.27. The molecule has 1 N–H and O–H groups in total. The summed E-state index contributed by atoms with van der Waals surface area (Å²) >= 11 is 0. The summed E-state index contributed by atoms with van der Waals surface area (Å²) in [6.07, 6.45) is 0. The van der Waals surface area contributed by atoms with Crippen LogP contribution in [0, 0.1) is 13.8 Å². The SMILES string of the molecule is CO.Cc1ccc(S(=O)(=O)c2ccc(C)cc2)cc1. The first kappa shape index (κ1) is 15.4. The van der Waals surface area contributed by atoms with Gasteiger partial charge in [-0.25, -0.2) is 8.42 Å². The Bertz CT molecular complexity index is 560. The minimum Gasteiger partial charge on any atom is -0.400 e. The van der Waals surface area contributed by atoms with Gasteiger partial charge in [0.15, 0.2) is 0 Å². The van der Waals surface area contributed by atoms with Gasteiger partial charge in [-0.15, -0.1) is 0 Å². The van der Waals surface area contributed by atoms with Crippen molar-refractivity contribution < 1.29 is 13.5 Å². The number of aryl methyl sites for hydroxylation is 2. The Labute approximate surface area is 114 Å². The monoisotopic (exact) mass is 278 g/mol. The second-order valence-corrected chi connectivity index (χ2v) is 6.08. The molecule has 0 aliphatic carbocycles. The fraction of sp³-hybridized carbons (Fsp3) is 0.200. The van der Waals surface area contributed by atoms with Crippen LogP contribution in [0.25, 0.3) is 0 Å². The highest BCUT2D eigenvalue weighted by molar-refractivity contribution is 7.91. The molecule has 0 fully saturated rings. The quantitative estimate of drug-likeness (QED) is 0.919. The van der Waals surface area contributed by atoms with Crippen LogP contribution in [0.2, 0.25) is 0 Å². The zero-order valence-electron chi connectivity index (χ0n) is 11.3. The van der Waals surface area contributed by atoms with Crippen LogP contribution < -0.4 is 0 Å². The van der Waals surface area contributed by atoms with Crippen LogP contribution in [-0.2, 0) is 9.84 Å². The molecule has 2 aromatic carbocycles. The number of rotatable bonds is 2. The van der Waals surface area contributed by atoms with Gasteiger partial charge in [-0.1, -0.05) is 35.4 Å². The zero-order valence-corrected chi connectivity index (χ0v) is 12.1. The predicted octanol–water partition coefficient (Wildman–Crippen LogP) is 2.74. The van der Waals surface area contributed by atoms with Gasteiger partial charge in [0.25, 0.3) is 0 Å². The number of sulfone groups is 1. The first-order chi connectivity index (χ1) is 9.00. The molecule has 19 heavy (non-hydrogen) atoms. The van der Waals surface area contributed by atoms with Gasteiger partial charge < -0.3 is 5.11 Å². The summed E-state index contributed by atoms with van der Waals surface area (Å²) in [7, 11) is -2.37. The number of aliphatic hydroxyl groups excluding tert-OH is 1. The molecule has 3 nitrogen and oxygen atoms in total. The lowest BCUT2D eigenvalue weighted by atomic mass is 10.2. The Morgan fingerprint density at radius 2 is 0.947 bits per heavy atom. The van der Waals surface area contributed by atoms with Crippen molar-refractivity contribution in [3.8, 4) is 0 Å². The van der Waals surface area contributed by atoms with Crippen molar-refractivity contribution in [1.82, 2.24) is 0 Å². The molecule has 0 heterocycles. The van der Waals surface area contributed by atoms with Crippen LogP contribution in [0.15, 0.2) is 58.3 Å². The van der Waals surface area contributed by atoms with E-state index in [1.54, 1.807) is 48.5 Å². The molecule has 0 atom stereocenters. The van der Waals surface area contributed by atoms with E-state index >= 15 is 0 Å². The van der Waals surface area contributed by atoms with E-state index in [2.05, 4.69) is 0 Å². The van der Waals surface area contributed by atoms with Crippen LogP contribution in [0.4, 0.5) is 0 Å². The molecular formula is C15H18O3S. The van der Waals surface area contributed by atoms with Crippen LogP contribution >= 0.6 is 0 Å². The van der Waals surface area contributed by atoms with Crippen LogP contribution in [0.5, 0.6) is 0 Å². The second kappa shape index (κ2) is 6.50. The van der Waals surface area contributed by atoms with Crippen LogP contribution in [0.3, 0.4) is 0 Å². The molecule has 4 heteroatoms. The summed E-state index contributed by atoms with van der Waals surface area (Å²) < 4.78 is 24.5. The van der Waals surface area contributed by atoms with E-state index in [0.717, 1.165) is 18.2 Å². The summed E-state index contributed by atoms with van der Waals surface area (Å²) in [6.45, 7) is 3.87. The Balaban J connectivity index is 0.000000861. The molecule has 2 rings (SSSR count). The van der Waals surface area contributed by atoms with Crippen molar-refractivity contribution >= 4 is 9.84 Å². The van der Waals surface area contributed by atoms with Crippen LogP contribution in [0.1, 0.15) is 11.1 Å². The first-order valence-electron chi connectivity index (χ1n) is 5.83. The highest BCUT2D eigenvalue weighted by Crippen LogP contribution is 2.21. The van der Waals surface area contributed by atoms with Crippen molar-refractivity contribution in [2.24, 2.45) is 0 Å². The third-order valence-electron chi connectivity index (χ3n) is 2.66. The smallest absolute Gasteiger partial charge is 0.206 e. The highest BCUT2D eigenvalue weighted by Gasteiger charge is 2.16. The average Bonchev–Trinajstić information content (AvgIpc) is 2.42.